The van der Waals surface area contributed by atoms with E-state index in [1.54, 1.807) is 19.0 Å². The van der Waals surface area contributed by atoms with Crippen LogP contribution in [0.5, 0.6) is 0 Å². The van der Waals surface area contributed by atoms with Crippen LogP contribution in [0.15, 0.2) is 54.6 Å². The van der Waals surface area contributed by atoms with Crippen LogP contribution in [0.1, 0.15) is 47.2 Å². The molecule has 2 atom stereocenters. The molecule has 2 aromatic carbocycles. The quantitative estimate of drug-likeness (QED) is 0.756. The van der Waals surface area contributed by atoms with E-state index in [2.05, 4.69) is 41.7 Å². The van der Waals surface area contributed by atoms with Gasteiger partial charge in [0.05, 0.1) is 0 Å². The highest BCUT2D eigenvalue weighted by Crippen LogP contribution is 2.29. The molecule has 1 aliphatic rings. The van der Waals surface area contributed by atoms with E-state index in [4.69, 9.17) is 0 Å². The zero-order valence-electron chi connectivity index (χ0n) is 16.7. The highest BCUT2D eigenvalue weighted by Gasteiger charge is 2.26. The third-order valence-corrected chi connectivity index (χ3v) is 5.71. The summed E-state index contributed by atoms with van der Waals surface area (Å²) in [5.74, 6) is 0.855. The van der Waals surface area contributed by atoms with Crippen LogP contribution in [-0.4, -0.2) is 37.5 Å². The molecule has 1 saturated carbocycles. The molecule has 0 radical (unpaired) electrons. The van der Waals surface area contributed by atoms with E-state index in [1.165, 1.54) is 43.2 Å². The predicted molar refractivity (Wildman–Crippen MR) is 112 cm³/mol. The number of amides is 1. The van der Waals surface area contributed by atoms with E-state index in [0.717, 1.165) is 24.4 Å². The van der Waals surface area contributed by atoms with Crippen LogP contribution in [0, 0.1) is 5.92 Å². The minimum absolute atomic E-state index is 0.0709. The number of carbonyl (C=O) groups is 1. The summed E-state index contributed by atoms with van der Waals surface area (Å²) in [4.78, 5) is 13.8. The zero-order valence-corrected chi connectivity index (χ0v) is 16.7. The first-order valence-corrected chi connectivity index (χ1v) is 10.2. The van der Waals surface area contributed by atoms with E-state index >= 15 is 0 Å². The monoisotopic (exact) mass is 364 g/mol. The summed E-state index contributed by atoms with van der Waals surface area (Å²) < 4.78 is 0. The number of nitrogens with zero attached hydrogens (tertiary/aromatic N) is 1. The molecule has 1 aliphatic carbocycles. The number of hydrogen-bond donors (Lipinski definition) is 1. The first-order chi connectivity index (χ1) is 13.1. The number of aryl methyl sites for hydroxylation is 1. The van der Waals surface area contributed by atoms with Crippen molar-refractivity contribution >= 4 is 5.91 Å². The first-order valence-electron chi connectivity index (χ1n) is 10.2. The Bertz CT molecular complexity index is 726. The predicted octanol–water partition coefficient (Wildman–Crippen LogP) is 4.32. The molecule has 27 heavy (non-hydrogen) atoms. The first kappa shape index (κ1) is 19.6. The number of rotatable bonds is 8. The van der Waals surface area contributed by atoms with Crippen LogP contribution < -0.4 is 5.32 Å². The van der Waals surface area contributed by atoms with Crippen molar-refractivity contribution in [1.82, 2.24) is 10.2 Å². The average molecular weight is 365 g/mol. The van der Waals surface area contributed by atoms with Crippen molar-refractivity contribution in [2.75, 3.05) is 20.6 Å². The molecule has 3 heteroatoms. The lowest BCUT2D eigenvalue weighted by molar-refractivity contribution is 0.0827. The molecule has 1 amide bonds. The number of benzene rings is 2. The maximum atomic E-state index is 12.1. The number of hydrogen-bond acceptors (Lipinski definition) is 2. The van der Waals surface area contributed by atoms with E-state index < -0.39 is 0 Å². The maximum absolute atomic E-state index is 12.1. The molecule has 144 valence electrons. The van der Waals surface area contributed by atoms with Crippen molar-refractivity contribution in [3.05, 3.63) is 71.3 Å². The van der Waals surface area contributed by atoms with Gasteiger partial charge in [-0.1, -0.05) is 48.9 Å². The molecule has 0 heterocycles. The largest absolute Gasteiger partial charge is 0.345 e. The Morgan fingerprint density at radius 1 is 1.00 bits per heavy atom. The van der Waals surface area contributed by atoms with Crippen LogP contribution in [-0.2, 0) is 12.8 Å². The molecule has 0 aromatic heterocycles. The molecule has 0 aliphatic heterocycles. The Labute approximate surface area is 163 Å². The lowest BCUT2D eigenvalue weighted by Gasteiger charge is -2.21. The molecular weight excluding hydrogens is 332 g/mol. The van der Waals surface area contributed by atoms with E-state index in [9.17, 15) is 4.79 Å². The van der Waals surface area contributed by atoms with Crippen LogP contribution in [0.4, 0.5) is 0 Å². The fraction of sp³-hybridized carbons (Fsp3) is 0.458. The van der Waals surface area contributed by atoms with Gasteiger partial charge < -0.3 is 10.2 Å². The lowest BCUT2D eigenvalue weighted by Crippen LogP contribution is -2.34. The van der Waals surface area contributed by atoms with Gasteiger partial charge in [-0.05, 0) is 67.8 Å². The smallest absolute Gasteiger partial charge is 0.253 e. The van der Waals surface area contributed by atoms with Crippen molar-refractivity contribution in [1.29, 1.82) is 0 Å². The molecule has 0 saturated heterocycles. The Morgan fingerprint density at radius 2 is 1.78 bits per heavy atom. The standard InChI is InChI=1S/C24H32N2O/c1-26(2)24(27)22-12-6-10-20(18-22)16-17-25-23-13-7-11-21(23)15-14-19-8-4-3-5-9-19/h3-6,8-10,12,18,21,23,25H,7,11,13-17H2,1-2H3. The van der Waals surface area contributed by atoms with Crippen molar-refractivity contribution in [2.24, 2.45) is 5.92 Å². The molecule has 3 rings (SSSR count). The highest BCUT2D eigenvalue weighted by atomic mass is 16.2. The molecule has 0 spiro atoms. The summed E-state index contributed by atoms with van der Waals surface area (Å²) in [6.45, 7) is 0.978. The molecule has 2 aromatic rings. The molecule has 1 N–H and O–H groups in total. The maximum Gasteiger partial charge on any atom is 0.253 e. The number of carbonyl (C=O) groups excluding carboxylic acids is 1. The Balaban J connectivity index is 1.46. The van der Waals surface area contributed by atoms with Gasteiger partial charge in [0.2, 0.25) is 0 Å². The topological polar surface area (TPSA) is 32.3 Å². The van der Waals surface area contributed by atoms with Gasteiger partial charge in [-0.3, -0.25) is 4.79 Å². The summed E-state index contributed by atoms with van der Waals surface area (Å²) >= 11 is 0. The second-order valence-electron chi connectivity index (χ2n) is 7.93. The van der Waals surface area contributed by atoms with Gasteiger partial charge in [0.15, 0.2) is 0 Å². The zero-order chi connectivity index (χ0) is 19.1. The highest BCUT2D eigenvalue weighted by molar-refractivity contribution is 5.94. The average Bonchev–Trinajstić information content (AvgIpc) is 3.14. The second-order valence-corrected chi connectivity index (χ2v) is 7.93. The third kappa shape index (κ3) is 5.67. The molecule has 0 bridgehead atoms. The minimum Gasteiger partial charge on any atom is -0.345 e. The van der Waals surface area contributed by atoms with E-state index in [1.807, 2.05) is 18.2 Å². The van der Waals surface area contributed by atoms with Gasteiger partial charge in [0, 0.05) is 25.7 Å². The van der Waals surface area contributed by atoms with E-state index in [-0.39, 0.29) is 5.91 Å². The molecular formula is C24H32N2O. The van der Waals surface area contributed by atoms with Gasteiger partial charge in [0.25, 0.3) is 5.91 Å². The Morgan fingerprint density at radius 3 is 2.56 bits per heavy atom. The van der Waals surface area contributed by atoms with Crippen LogP contribution in [0.3, 0.4) is 0 Å². The van der Waals surface area contributed by atoms with Gasteiger partial charge in [0.1, 0.15) is 0 Å². The molecule has 1 fully saturated rings. The van der Waals surface area contributed by atoms with Crippen LogP contribution in [0.2, 0.25) is 0 Å². The normalized spacial score (nSPS) is 19.2. The Kier molecular flexibility index (Phi) is 7.05. The molecule has 2 unspecified atom stereocenters. The second kappa shape index (κ2) is 9.70. The van der Waals surface area contributed by atoms with Gasteiger partial charge in [-0.25, -0.2) is 0 Å². The Hall–Kier alpha value is -2.13. The van der Waals surface area contributed by atoms with Crippen molar-refractivity contribution in [3.8, 4) is 0 Å². The van der Waals surface area contributed by atoms with Crippen molar-refractivity contribution in [3.63, 3.8) is 0 Å². The fourth-order valence-corrected chi connectivity index (χ4v) is 4.17. The van der Waals surface area contributed by atoms with E-state index in [0.29, 0.717) is 6.04 Å². The van der Waals surface area contributed by atoms with Gasteiger partial charge >= 0.3 is 0 Å². The van der Waals surface area contributed by atoms with Crippen LogP contribution in [0.25, 0.3) is 0 Å². The molecule has 3 nitrogen and oxygen atoms in total. The van der Waals surface area contributed by atoms with Crippen molar-refractivity contribution < 1.29 is 4.79 Å². The summed E-state index contributed by atoms with van der Waals surface area (Å²) in [7, 11) is 3.60. The minimum atomic E-state index is 0.0709. The number of nitrogens with one attached hydrogen (secondary N) is 1. The summed E-state index contributed by atoms with van der Waals surface area (Å²) in [5.41, 5.74) is 3.46. The van der Waals surface area contributed by atoms with Crippen molar-refractivity contribution in [2.45, 2.75) is 44.6 Å². The summed E-state index contributed by atoms with van der Waals surface area (Å²) in [5, 5.41) is 3.79. The van der Waals surface area contributed by atoms with Gasteiger partial charge in [-0.2, -0.15) is 0 Å². The lowest BCUT2D eigenvalue weighted by atomic mass is 9.95. The third-order valence-electron chi connectivity index (χ3n) is 5.71. The SMILES string of the molecule is CN(C)C(=O)c1cccc(CCNC2CCCC2CCc2ccccc2)c1. The summed E-state index contributed by atoms with van der Waals surface area (Å²) in [6, 6.07) is 19.5. The van der Waals surface area contributed by atoms with Gasteiger partial charge in [-0.15, -0.1) is 0 Å². The fourth-order valence-electron chi connectivity index (χ4n) is 4.17. The van der Waals surface area contributed by atoms with Crippen LogP contribution >= 0.6 is 0 Å². The summed E-state index contributed by atoms with van der Waals surface area (Å²) in [6.07, 6.45) is 7.39.